The summed E-state index contributed by atoms with van der Waals surface area (Å²) in [5.41, 5.74) is 8.76. The van der Waals surface area contributed by atoms with E-state index in [0.717, 1.165) is 34.8 Å². The zero-order valence-corrected chi connectivity index (χ0v) is 18.6. The van der Waals surface area contributed by atoms with Gasteiger partial charge >= 0.3 is 6.18 Å². The smallest absolute Gasteiger partial charge is 0.307 e. The predicted molar refractivity (Wildman–Crippen MR) is 131 cm³/mol. The van der Waals surface area contributed by atoms with Crippen LogP contribution in [-0.4, -0.2) is 13.6 Å². The summed E-state index contributed by atoms with van der Waals surface area (Å²) in [6.45, 7) is 9.87. The minimum Gasteiger partial charge on any atom is -0.307 e. The monoisotopic (exact) mass is 456 g/mol. The summed E-state index contributed by atoms with van der Waals surface area (Å²) in [6.07, 6.45) is -2.28. The van der Waals surface area contributed by atoms with Crippen molar-refractivity contribution in [2.75, 3.05) is 0 Å². The Hall–Kier alpha value is -3.69. The lowest BCUT2D eigenvalue weighted by atomic mass is 9.94. The maximum Gasteiger partial charge on any atom is 0.416 e. The molecule has 0 fully saturated rings. The van der Waals surface area contributed by atoms with Crippen molar-refractivity contribution < 1.29 is 25.6 Å². The van der Waals surface area contributed by atoms with Gasteiger partial charge in [-0.15, -0.1) is 5.73 Å². The Balaban J connectivity index is 0. The van der Waals surface area contributed by atoms with Gasteiger partial charge in [0, 0.05) is 14.8 Å². The molecule has 0 aliphatic carbocycles. The first kappa shape index (κ1) is 27.3. The van der Waals surface area contributed by atoms with Crippen LogP contribution >= 0.6 is 0 Å². The van der Waals surface area contributed by atoms with Gasteiger partial charge in [-0.1, -0.05) is 73.3 Å². The van der Waals surface area contributed by atoms with Crippen molar-refractivity contribution in [2.45, 2.75) is 32.4 Å². The molecule has 0 unspecified atom stereocenters. The normalized spacial score (nSPS) is 10.1. The average Bonchev–Trinajstić information content (AvgIpc) is 2.84. The third kappa shape index (κ3) is 8.40. The Morgan fingerprint density at radius 3 is 2.09 bits per heavy atom. The fraction of sp³-hybridized carbons (Fsp3) is 0.179. The van der Waals surface area contributed by atoms with Crippen LogP contribution in [-0.2, 0) is 35.0 Å². The number of alkyl halides is 3. The SMILES string of the molecule is C=C=C(Cc1ccc(CCc2cccc(C(F)(F)F)c2)c(C)c1)c1ccccc1.C=O.C=O.[HH].[HH]. The van der Waals surface area contributed by atoms with Crippen LogP contribution in [0, 0.1) is 6.92 Å². The summed E-state index contributed by atoms with van der Waals surface area (Å²) in [7, 11) is 0. The van der Waals surface area contributed by atoms with Gasteiger partial charge in [-0.3, -0.25) is 0 Å². The average molecular weight is 457 g/mol. The van der Waals surface area contributed by atoms with Crippen molar-refractivity contribution in [1.82, 2.24) is 0 Å². The number of aryl methyl sites for hydroxylation is 3. The van der Waals surface area contributed by atoms with E-state index in [2.05, 4.69) is 30.5 Å². The van der Waals surface area contributed by atoms with E-state index in [0.29, 0.717) is 18.4 Å². The molecule has 3 aromatic carbocycles. The van der Waals surface area contributed by atoms with Crippen LogP contribution < -0.4 is 0 Å². The highest BCUT2D eigenvalue weighted by molar-refractivity contribution is 5.67. The molecule has 2 nitrogen and oxygen atoms in total. The largest absolute Gasteiger partial charge is 0.416 e. The van der Waals surface area contributed by atoms with Crippen molar-refractivity contribution in [3.8, 4) is 0 Å². The molecule has 0 atom stereocenters. The van der Waals surface area contributed by atoms with Crippen molar-refractivity contribution in [3.63, 3.8) is 0 Å². The third-order valence-electron chi connectivity index (χ3n) is 5.06. The van der Waals surface area contributed by atoms with Gasteiger partial charge in [-0.2, -0.15) is 13.2 Å². The first-order chi connectivity index (χ1) is 15.9. The van der Waals surface area contributed by atoms with Gasteiger partial charge in [0.2, 0.25) is 0 Å². The van der Waals surface area contributed by atoms with Crippen molar-refractivity contribution in [1.29, 1.82) is 0 Å². The number of benzene rings is 3. The molecule has 0 radical (unpaired) electrons. The van der Waals surface area contributed by atoms with Crippen LogP contribution in [0.3, 0.4) is 0 Å². The van der Waals surface area contributed by atoms with E-state index in [9.17, 15) is 13.2 Å². The van der Waals surface area contributed by atoms with E-state index in [1.165, 1.54) is 17.7 Å². The van der Waals surface area contributed by atoms with E-state index < -0.39 is 11.7 Å². The number of halogens is 3. The van der Waals surface area contributed by atoms with Gasteiger partial charge in [-0.25, -0.2) is 0 Å². The molecule has 0 bridgehead atoms. The maximum absolute atomic E-state index is 12.9. The number of hydrogen-bond donors (Lipinski definition) is 0. The minimum atomic E-state index is -4.30. The van der Waals surface area contributed by atoms with E-state index in [-0.39, 0.29) is 2.85 Å². The molecule has 0 aromatic heterocycles. The number of hydrogen-bond acceptors (Lipinski definition) is 2. The topological polar surface area (TPSA) is 34.1 Å². The lowest BCUT2D eigenvalue weighted by Crippen LogP contribution is -2.05. The molecule has 0 aliphatic heterocycles. The molecule has 0 saturated heterocycles. The second-order valence-corrected chi connectivity index (χ2v) is 7.16. The molecule has 3 rings (SSSR count). The fourth-order valence-corrected chi connectivity index (χ4v) is 3.44. The van der Waals surface area contributed by atoms with Gasteiger partial charge in [0.15, 0.2) is 0 Å². The summed E-state index contributed by atoms with van der Waals surface area (Å²) < 4.78 is 38.7. The standard InChI is InChI=1S/C26H23F3.2CH2O.2H2/c1-3-22(24-9-5-4-6-10-24)17-21-13-15-23(19(2)16-21)14-12-20-8-7-11-25(18-20)26(27,28)29;2*1-2;;/h4-11,13,15-16,18H,1,12,14,17H2,2H3;2*1H2;2*1H. The Morgan fingerprint density at radius 2 is 1.52 bits per heavy atom. The molecular weight excluding hydrogens is 425 g/mol. The van der Waals surface area contributed by atoms with Gasteiger partial charge in [-0.05, 0) is 53.6 Å². The molecule has 33 heavy (non-hydrogen) atoms. The molecule has 0 saturated carbocycles. The minimum absolute atomic E-state index is 0. The first-order valence-corrected chi connectivity index (χ1v) is 10.1. The number of carbonyl (C=O) groups is 2. The van der Waals surface area contributed by atoms with Gasteiger partial charge < -0.3 is 9.59 Å². The van der Waals surface area contributed by atoms with Crippen LogP contribution in [0.1, 0.15) is 36.2 Å². The fourth-order valence-electron chi connectivity index (χ4n) is 3.44. The third-order valence-corrected chi connectivity index (χ3v) is 5.06. The van der Waals surface area contributed by atoms with Crippen molar-refractivity contribution in [3.05, 3.63) is 118 Å². The number of rotatable bonds is 6. The molecule has 0 N–H and O–H groups in total. The zero-order chi connectivity index (χ0) is 24.9. The zero-order valence-electron chi connectivity index (χ0n) is 18.6. The highest BCUT2D eigenvalue weighted by Crippen LogP contribution is 2.30. The maximum atomic E-state index is 12.9. The Labute approximate surface area is 196 Å². The van der Waals surface area contributed by atoms with E-state index in [1.54, 1.807) is 6.07 Å². The highest BCUT2D eigenvalue weighted by Gasteiger charge is 2.30. The molecule has 0 aliphatic rings. The highest BCUT2D eigenvalue weighted by atomic mass is 19.4. The van der Waals surface area contributed by atoms with Crippen molar-refractivity contribution >= 4 is 19.2 Å². The van der Waals surface area contributed by atoms with E-state index >= 15 is 0 Å². The van der Waals surface area contributed by atoms with Crippen LogP contribution in [0.4, 0.5) is 13.2 Å². The molecule has 0 amide bonds. The second kappa shape index (κ2) is 13.7. The first-order valence-electron chi connectivity index (χ1n) is 10.1. The molecule has 5 heteroatoms. The van der Waals surface area contributed by atoms with Gasteiger partial charge in [0.05, 0.1) is 5.56 Å². The quantitative estimate of drug-likeness (QED) is 0.364. The molecule has 0 heterocycles. The van der Waals surface area contributed by atoms with Gasteiger partial charge in [0.1, 0.15) is 13.6 Å². The summed E-state index contributed by atoms with van der Waals surface area (Å²) in [6, 6.07) is 21.9. The Morgan fingerprint density at radius 1 is 0.848 bits per heavy atom. The summed E-state index contributed by atoms with van der Waals surface area (Å²) in [5.74, 6) is 0. The van der Waals surface area contributed by atoms with Crippen LogP contribution in [0.2, 0.25) is 0 Å². The van der Waals surface area contributed by atoms with Crippen LogP contribution in [0.15, 0.2) is 85.1 Å². The molecule has 3 aromatic rings. The van der Waals surface area contributed by atoms with E-state index in [4.69, 9.17) is 9.59 Å². The molecule has 176 valence electrons. The lowest BCUT2D eigenvalue weighted by molar-refractivity contribution is -0.137. The Bertz CT molecular complexity index is 1080. The lowest BCUT2D eigenvalue weighted by Gasteiger charge is -2.12. The van der Waals surface area contributed by atoms with Crippen molar-refractivity contribution in [2.24, 2.45) is 0 Å². The van der Waals surface area contributed by atoms with Crippen LogP contribution in [0.5, 0.6) is 0 Å². The predicted octanol–water partition coefficient (Wildman–Crippen LogP) is 7.33. The number of allylic oxidation sites excluding steroid dienone is 1. The second-order valence-electron chi connectivity index (χ2n) is 7.16. The van der Waals surface area contributed by atoms with Crippen LogP contribution in [0.25, 0.3) is 5.57 Å². The summed E-state index contributed by atoms with van der Waals surface area (Å²) >= 11 is 0. The molecule has 0 spiro atoms. The molecular formula is C28H31F3O2. The Kier molecular flexibility index (Phi) is 11.3. The van der Waals surface area contributed by atoms with Gasteiger partial charge in [0.25, 0.3) is 0 Å². The summed E-state index contributed by atoms with van der Waals surface area (Å²) in [5, 5.41) is 0. The van der Waals surface area contributed by atoms with E-state index in [1.807, 2.05) is 50.8 Å². The summed E-state index contributed by atoms with van der Waals surface area (Å²) in [4.78, 5) is 16.0. The number of carbonyl (C=O) groups excluding carboxylic acids is 2.